The van der Waals surface area contributed by atoms with Gasteiger partial charge in [-0.2, -0.15) is 0 Å². The highest BCUT2D eigenvalue weighted by atomic mass is 16.5. The number of ether oxygens (including phenoxy) is 1. The second-order valence-electron chi connectivity index (χ2n) is 5.34. The van der Waals surface area contributed by atoms with E-state index in [0.29, 0.717) is 22.3 Å². The molecule has 0 bridgehead atoms. The van der Waals surface area contributed by atoms with Crippen LogP contribution in [0.1, 0.15) is 18.1 Å². The zero-order valence-electron chi connectivity index (χ0n) is 13.4. The van der Waals surface area contributed by atoms with Crippen LogP contribution in [0.3, 0.4) is 0 Å². The summed E-state index contributed by atoms with van der Waals surface area (Å²) in [5.74, 6) is 1.37. The Labute approximate surface area is 134 Å². The molecule has 0 aliphatic rings. The summed E-state index contributed by atoms with van der Waals surface area (Å²) in [6, 6.07) is 13.1. The molecule has 23 heavy (non-hydrogen) atoms. The molecular formula is C20H18O3. The van der Waals surface area contributed by atoms with Crippen LogP contribution in [0.5, 0.6) is 5.75 Å². The van der Waals surface area contributed by atoms with E-state index in [0.717, 1.165) is 16.9 Å². The number of methoxy groups -OCH3 is 1. The highest BCUT2D eigenvalue weighted by Gasteiger charge is 2.14. The van der Waals surface area contributed by atoms with Gasteiger partial charge in [0.05, 0.1) is 12.5 Å². The SMILES string of the molecule is C/C=C/c1cccc2c(=O)c(C)c(-c3ccc(OC)cc3)oc12. The largest absolute Gasteiger partial charge is 0.497 e. The summed E-state index contributed by atoms with van der Waals surface area (Å²) in [6.07, 6.45) is 3.88. The minimum absolute atomic E-state index is 0.00317. The molecule has 2 aromatic carbocycles. The summed E-state index contributed by atoms with van der Waals surface area (Å²) in [4.78, 5) is 12.7. The smallest absolute Gasteiger partial charge is 0.196 e. The van der Waals surface area contributed by atoms with Crippen LogP contribution in [-0.4, -0.2) is 7.11 Å². The molecule has 0 fully saturated rings. The van der Waals surface area contributed by atoms with Crippen molar-refractivity contribution in [1.82, 2.24) is 0 Å². The third-order valence-electron chi connectivity index (χ3n) is 3.87. The van der Waals surface area contributed by atoms with Gasteiger partial charge in [0.2, 0.25) is 0 Å². The van der Waals surface area contributed by atoms with E-state index < -0.39 is 0 Å². The van der Waals surface area contributed by atoms with E-state index in [2.05, 4.69) is 0 Å². The van der Waals surface area contributed by atoms with Gasteiger partial charge in [-0.05, 0) is 44.2 Å². The number of fused-ring (bicyclic) bond motifs is 1. The first-order valence-electron chi connectivity index (χ1n) is 7.49. The Kier molecular flexibility index (Phi) is 4.02. The second kappa shape index (κ2) is 6.13. The molecule has 3 heteroatoms. The van der Waals surface area contributed by atoms with Gasteiger partial charge in [-0.3, -0.25) is 4.79 Å². The Balaban J connectivity index is 2.30. The van der Waals surface area contributed by atoms with Crippen LogP contribution in [0.15, 0.2) is 57.8 Å². The minimum atomic E-state index is 0.00317. The molecule has 0 atom stereocenters. The first-order chi connectivity index (χ1) is 11.2. The molecule has 0 saturated carbocycles. The van der Waals surface area contributed by atoms with Crippen LogP contribution >= 0.6 is 0 Å². The van der Waals surface area contributed by atoms with Crippen molar-refractivity contribution in [1.29, 1.82) is 0 Å². The summed E-state index contributed by atoms with van der Waals surface area (Å²) >= 11 is 0. The summed E-state index contributed by atoms with van der Waals surface area (Å²) in [6.45, 7) is 3.74. The van der Waals surface area contributed by atoms with Crippen molar-refractivity contribution >= 4 is 17.0 Å². The fraction of sp³-hybridized carbons (Fsp3) is 0.150. The Hall–Kier alpha value is -2.81. The molecule has 3 nitrogen and oxygen atoms in total. The van der Waals surface area contributed by atoms with Gasteiger partial charge in [0.15, 0.2) is 5.43 Å². The first kappa shape index (κ1) is 15.1. The number of benzene rings is 2. The van der Waals surface area contributed by atoms with Gasteiger partial charge >= 0.3 is 0 Å². The van der Waals surface area contributed by atoms with Crippen molar-refractivity contribution in [2.75, 3.05) is 7.11 Å². The average molecular weight is 306 g/mol. The quantitative estimate of drug-likeness (QED) is 0.697. The van der Waals surface area contributed by atoms with Gasteiger partial charge in [0.1, 0.15) is 17.1 Å². The lowest BCUT2D eigenvalue weighted by molar-refractivity contribution is 0.415. The molecule has 1 heterocycles. The van der Waals surface area contributed by atoms with E-state index in [1.54, 1.807) is 20.1 Å². The Morgan fingerprint density at radius 1 is 1.09 bits per heavy atom. The molecule has 116 valence electrons. The van der Waals surface area contributed by atoms with Gasteiger partial charge in [0, 0.05) is 16.7 Å². The zero-order valence-corrected chi connectivity index (χ0v) is 13.4. The predicted octanol–water partition coefficient (Wildman–Crippen LogP) is 4.81. The molecule has 0 radical (unpaired) electrons. The maximum absolute atomic E-state index is 12.7. The summed E-state index contributed by atoms with van der Waals surface area (Å²) < 4.78 is 11.3. The fourth-order valence-electron chi connectivity index (χ4n) is 2.66. The van der Waals surface area contributed by atoms with Crippen molar-refractivity contribution in [3.8, 4) is 17.1 Å². The molecule has 3 rings (SSSR count). The standard InChI is InChI=1S/C20H18O3/c1-4-6-14-7-5-8-17-18(21)13(2)19(23-20(14)17)15-9-11-16(22-3)12-10-15/h4-12H,1-3H3/b6-4+. The summed E-state index contributed by atoms with van der Waals surface area (Å²) in [7, 11) is 1.62. The van der Waals surface area contributed by atoms with E-state index >= 15 is 0 Å². The number of hydrogen-bond donors (Lipinski definition) is 0. The molecule has 3 aromatic rings. The van der Waals surface area contributed by atoms with E-state index in [1.807, 2.05) is 55.5 Å². The van der Waals surface area contributed by atoms with Gasteiger partial charge in [-0.1, -0.05) is 24.3 Å². The maximum atomic E-state index is 12.7. The van der Waals surface area contributed by atoms with Crippen LogP contribution in [-0.2, 0) is 0 Å². The normalized spacial score (nSPS) is 11.3. The number of allylic oxidation sites excluding steroid dienone is 1. The lowest BCUT2D eigenvalue weighted by Crippen LogP contribution is -2.07. The number of para-hydroxylation sites is 1. The van der Waals surface area contributed by atoms with Crippen LogP contribution in [0.2, 0.25) is 0 Å². The van der Waals surface area contributed by atoms with Crippen molar-refractivity contribution in [3.63, 3.8) is 0 Å². The molecule has 0 saturated heterocycles. The van der Waals surface area contributed by atoms with Crippen molar-refractivity contribution < 1.29 is 9.15 Å². The van der Waals surface area contributed by atoms with E-state index in [4.69, 9.17) is 9.15 Å². The highest BCUT2D eigenvalue weighted by Crippen LogP contribution is 2.29. The molecule has 1 aromatic heterocycles. The predicted molar refractivity (Wildman–Crippen MR) is 93.9 cm³/mol. The highest BCUT2D eigenvalue weighted by molar-refractivity contribution is 5.87. The lowest BCUT2D eigenvalue weighted by atomic mass is 10.0. The average Bonchev–Trinajstić information content (AvgIpc) is 2.59. The topological polar surface area (TPSA) is 39.4 Å². The van der Waals surface area contributed by atoms with Crippen LogP contribution < -0.4 is 10.2 Å². The summed E-state index contributed by atoms with van der Waals surface area (Å²) in [5.41, 5.74) is 2.99. The van der Waals surface area contributed by atoms with E-state index in [-0.39, 0.29) is 5.43 Å². The Morgan fingerprint density at radius 2 is 1.83 bits per heavy atom. The van der Waals surface area contributed by atoms with Crippen LogP contribution in [0.4, 0.5) is 0 Å². The van der Waals surface area contributed by atoms with Gasteiger partial charge in [0.25, 0.3) is 0 Å². The zero-order chi connectivity index (χ0) is 16.4. The molecule has 0 amide bonds. The lowest BCUT2D eigenvalue weighted by Gasteiger charge is -2.09. The van der Waals surface area contributed by atoms with Gasteiger partial charge < -0.3 is 9.15 Å². The second-order valence-corrected chi connectivity index (χ2v) is 5.34. The first-order valence-corrected chi connectivity index (χ1v) is 7.49. The van der Waals surface area contributed by atoms with Gasteiger partial charge in [-0.15, -0.1) is 0 Å². The Bertz CT molecular complexity index is 931. The van der Waals surface area contributed by atoms with E-state index in [9.17, 15) is 4.79 Å². The van der Waals surface area contributed by atoms with Crippen molar-refractivity contribution in [2.45, 2.75) is 13.8 Å². The third kappa shape index (κ3) is 2.66. The third-order valence-corrected chi connectivity index (χ3v) is 3.87. The monoisotopic (exact) mass is 306 g/mol. The molecule has 0 unspecified atom stereocenters. The van der Waals surface area contributed by atoms with Crippen LogP contribution in [0.25, 0.3) is 28.4 Å². The van der Waals surface area contributed by atoms with Gasteiger partial charge in [-0.25, -0.2) is 0 Å². The molecule has 0 N–H and O–H groups in total. The molecule has 0 aliphatic heterocycles. The maximum Gasteiger partial charge on any atom is 0.196 e. The number of rotatable bonds is 3. The number of hydrogen-bond acceptors (Lipinski definition) is 3. The minimum Gasteiger partial charge on any atom is -0.497 e. The fourth-order valence-corrected chi connectivity index (χ4v) is 2.66. The molecule has 0 spiro atoms. The van der Waals surface area contributed by atoms with E-state index in [1.165, 1.54) is 0 Å². The summed E-state index contributed by atoms with van der Waals surface area (Å²) in [5, 5.41) is 0.607. The molecular weight excluding hydrogens is 288 g/mol. The van der Waals surface area contributed by atoms with Crippen LogP contribution in [0, 0.1) is 6.92 Å². The molecule has 0 aliphatic carbocycles. The Morgan fingerprint density at radius 3 is 2.48 bits per heavy atom. The van der Waals surface area contributed by atoms with Crippen molar-refractivity contribution in [3.05, 3.63) is 69.9 Å². The van der Waals surface area contributed by atoms with Crippen molar-refractivity contribution in [2.24, 2.45) is 0 Å².